The van der Waals surface area contributed by atoms with Gasteiger partial charge in [-0.05, 0) is 30.4 Å². The molecule has 0 amide bonds. The highest BCUT2D eigenvalue weighted by molar-refractivity contribution is 6.21. The predicted octanol–water partition coefficient (Wildman–Crippen LogP) is 1.02. The van der Waals surface area contributed by atoms with Crippen molar-refractivity contribution in [1.29, 1.82) is 0 Å². The van der Waals surface area contributed by atoms with E-state index in [2.05, 4.69) is 0 Å². The Balaban J connectivity index is 1.93. The van der Waals surface area contributed by atoms with Crippen LogP contribution in [-0.2, 0) is 20.8 Å². The first kappa shape index (κ1) is 17.3. The minimum absolute atomic E-state index is 0.0768. The van der Waals surface area contributed by atoms with Crippen molar-refractivity contribution in [2.75, 3.05) is 0 Å². The Hall–Kier alpha value is -3.13. The van der Waals surface area contributed by atoms with E-state index in [4.69, 9.17) is 5.11 Å². The number of hydrogen-bond acceptors (Lipinski definition) is 7. The van der Waals surface area contributed by atoms with Gasteiger partial charge in [0.25, 0.3) is 0 Å². The minimum Gasteiger partial charge on any atom is -0.508 e. The van der Waals surface area contributed by atoms with E-state index in [0.717, 1.165) is 0 Å². The highest BCUT2D eigenvalue weighted by atomic mass is 16.4. The van der Waals surface area contributed by atoms with Crippen molar-refractivity contribution < 1.29 is 39.9 Å². The van der Waals surface area contributed by atoms with Gasteiger partial charge in [0.15, 0.2) is 17.1 Å². The van der Waals surface area contributed by atoms with Gasteiger partial charge in [-0.15, -0.1) is 0 Å². The molecule has 0 bridgehead atoms. The summed E-state index contributed by atoms with van der Waals surface area (Å²) in [4.78, 5) is 36.5. The molecule has 3 atom stereocenters. The number of hydrogen-bond donors (Lipinski definition) is 5. The van der Waals surface area contributed by atoms with Gasteiger partial charge in [-0.3, -0.25) is 9.59 Å². The summed E-state index contributed by atoms with van der Waals surface area (Å²) in [6.07, 6.45) is -0.00327. The summed E-state index contributed by atoms with van der Waals surface area (Å²) in [6.45, 7) is 0. The smallest absolute Gasteiger partial charge is 0.342 e. The molecule has 3 unspecified atom stereocenters. The van der Waals surface area contributed by atoms with E-state index in [9.17, 15) is 34.8 Å². The van der Waals surface area contributed by atoms with Crippen LogP contribution >= 0.6 is 0 Å². The number of carbonyl (C=O) groups is 3. The van der Waals surface area contributed by atoms with Crippen LogP contribution in [0.15, 0.2) is 35.1 Å². The standard InChI is InChI=1S/C19H16O8/c20-10-3-1-2-7-4-8-5-9-6-11(21)14(18(25)26)17(24)19(9,27)16(23)13(8)15(22)12(7)10/h1-3,8-9,20,22,24,27H,4-6H2,(H,25,26). The molecule has 8 nitrogen and oxygen atoms in total. The molecule has 0 aromatic heterocycles. The van der Waals surface area contributed by atoms with Crippen molar-refractivity contribution in [2.24, 2.45) is 11.8 Å². The van der Waals surface area contributed by atoms with E-state index in [1.807, 2.05) is 0 Å². The second-order valence-electron chi connectivity index (χ2n) is 7.16. The number of carboxylic acid groups (broad SMARTS) is 1. The molecule has 0 saturated heterocycles. The maximum Gasteiger partial charge on any atom is 0.342 e. The Morgan fingerprint density at radius 2 is 1.81 bits per heavy atom. The van der Waals surface area contributed by atoms with Crippen molar-refractivity contribution in [3.8, 4) is 5.75 Å². The van der Waals surface area contributed by atoms with Gasteiger partial charge in [0.2, 0.25) is 5.78 Å². The quantitative estimate of drug-likeness (QED) is 0.458. The molecular formula is C19H16O8. The fourth-order valence-electron chi connectivity index (χ4n) is 4.53. The number of carbonyl (C=O) groups excluding carboxylic acids is 2. The normalized spacial score (nSPS) is 30.0. The number of Topliss-reactive ketones (excluding diaryl/α,β-unsaturated/α-hetero) is 2. The number of phenolic OH excluding ortho intramolecular Hbond substituents is 1. The van der Waals surface area contributed by atoms with Crippen molar-refractivity contribution in [3.63, 3.8) is 0 Å². The van der Waals surface area contributed by atoms with Gasteiger partial charge < -0.3 is 25.5 Å². The molecule has 0 spiro atoms. The summed E-state index contributed by atoms with van der Waals surface area (Å²) in [5.74, 6) is -7.08. The summed E-state index contributed by atoms with van der Waals surface area (Å²) >= 11 is 0. The van der Waals surface area contributed by atoms with E-state index >= 15 is 0 Å². The number of aliphatic hydroxyl groups is 3. The third-order valence-electron chi connectivity index (χ3n) is 5.77. The van der Waals surface area contributed by atoms with Crippen LogP contribution < -0.4 is 0 Å². The second-order valence-corrected chi connectivity index (χ2v) is 7.16. The lowest BCUT2D eigenvalue weighted by atomic mass is 9.59. The highest BCUT2D eigenvalue weighted by Crippen LogP contribution is 2.51. The van der Waals surface area contributed by atoms with E-state index in [-0.39, 0.29) is 23.3 Å². The summed E-state index contributed by atoms with van der Waals surface area (Å²) in [7, 11) is 0. The lowest BCUT2D eigenvalue weighted by Crippen LogP contribution is -2.58. The molecule has 1 saturated carbocycles. The Morgan fingerprint density at radius 1 is 1.11 bits per heavy atom. The number of phenols is 1. The van der Waals surface area contributed by atoms with E-state index in [1.165, 1.54) is 6.07 Å². The first-order valence-corrected chi connectivity index (χ1v) is 8.39. The third kappa shape index (κ3) is 2.10. The van der Waals surface area contributed by atoms with Crippen molar-refractivity contribution in [3.05, 3.63) is 46.2 Å². The summed E-state index contributed by atoms with van der Waals surface area (Å²) < 4.78 is 0. The molecule has 3 aliphatic carbocycles. The highest BCUT2D eigenvalue weighted by Gasteiger charge is 2.60. The topological polar surface area (TPSA) is 152 Å². The van der Waals surface area contributed by atoms with Crippen LogP contribution in [0.5, 0.6) is 5.75 Å². The van der Waals surface area contributed by atoms with Crippen LogP contribution in [-0.4, -0.2) is 48.7 Å². The van der Waals surface area contributed by atoms with Gasteiger partial charge in [-0.25, -0.2) is 4.79 Å². The molecule has 140 valence electrons. The number of aliphatic carboxylic acids is 1. The number of carboxylic acids is 1. The first-order valence-electron chi connectivity index (χ1n) is 8.39. The number of benzene rings is 1. The van der Waals surface area contributed by atoms with Crippen LogP contribution in [0, 0.1) is 11.8 Å². The molecule has 3 aliphatic rings. The largest absolute Gasteiger partial charge is 0.508 e. The summed E-state index contributed by atoms with van der Waals surface area (Å²) in [6, 6.07) is 4.64. The summed E-state index contributed by atoms with van der Waals surface area (Å²) in [5.41, 5.74) is -3.09. The molecule has 27 heavy (non-hydrogen) atoms. The summed E-state index contributed by atoms with van der Waals surface area (Å²) in [5, 5.41) is 51.1. The molecule has 0 radical (unpaired) electrons. The van der Waals surface area contributed by atoms with E-state index < -0.39 is 58.5 Å². The maximum atomic E-state index is 13.1. The Bertz CT molecular complexity index is 985. The second kappa shape index (κ2) is 5.43. The fraction of sp³-hybridized carbons (Fsp3) is 0.316. The Kier molecular flexibility index (Phi) is 3.48. The average molecular weight is 372 g/mol. The van der Waals surface area contributed by atoms with Crippen LogP contribution in [0.1, 0.15) is 24.0 Å². The number of aliphatic hydroxyl groups excluding tert-OH is 2. The average Bonchev–Trinajstić information content (AvgIpc) is 2.57. The first-order chi connectivity index (χ1) is 12.7. The molecule has 0 aliphatic heterocycles. The number of ketones is 2. The van der Waals surface area contributed by atoms with Gasteiger partial charge in [0.1, 0.15) is 17.1 Å². The van der Waals surface area contributed by atoms with Crippen LogP contribution in [0.2, 0.25) is 0 Å². The Labute approximate surface area is 152 Å². The molecule has 1 aromatic rings. The maximum absolute atomic E-state index is 13.1. The monoisotopic (exact) mass is 372 g/mol. The van der Waals surface area contributed by atoms with Crippen LogP contribution in [0.4, 0.5) is 0 Å². The molecule has 1 aromatic carbocycles. The van der Waals surface area contributed by atoms with Gasteiger partial charge in [-0.1, -0.05) is 12.1 Å². The van der Waals surface area contributed by atoms with Crippen molar-refractivity contribution in [2.45, 2.75) is 24.9 Å². The lowest BCUT2D eigenvalue weighted by Gasteiger charge is -2.45. The molecule has 1 fully saturated rings. The molecule has 4 rings (SSSR count). The van der Waals surface area contributed by atoms with Gasteiger partial charge in [0.05, 0.1) is 5.56 Å². The third-order valence-corrected chi connectivity index (χ3v) is 5.77. The Morgan fingerprint density at radius 3 is 2.48 bits per heavy atom. The van der Waals surface area contributed by atoms with Crippen molar-refractivity contribution >= 4 is 23.3 Å². The zero-order chi connectivity index (χ0) is 19.7. The molecule has 5 N–H and O–H groups in total. The van der Waals surface area contributed by atoms with Gasteiger partial charge >= 0.3 is 5.97 Å². The van der Waals surface area contributed by atoms with E-state index in [1.54, 1.807) is 12.1 Å². The number of aromatic hydroxyl groups is 1. The molecule has 0 heterocycles. The van der Waals surface area contributed by atoms with Crippen LogP contribution in [0.3, 0.4) is 0 Å². The molecular weight excluding hydrogens is 356 g/mol. The molecule has 8 heteroatoms. The van der Waals surface area contributed by atoms with Gasteiger partial charge in [-0.2, -0.15) is 0 Å². The van der Waals surface area contributed by atoms with E-state index in [0.29, 0.717) is 12.0 Å². The van der Waals surface area contributed by atoms with Gasteiger partial charge in [0, 0.05) is 17.9 Å². The van der Waals surface area contributed by atoms with Crippen molar-refractivity contribution in [1.82, 2.24) is 0 Å². The fourth-order valence-corrected chi connectivity index (χ4v) is 4.53. The number of fused-ring (bicyclic) bond motifs is 3. The zero-order valence-electron chi connectivity index (χ0n) is 14.0. The SMILES string of the molecule is O=C(O)C1=C(O)C2(O)C(=O)C3=C(O)c4c(O)cccc4CC3CC2CC1=O. The minimum atomic E-state index is -2.59. The zero-order valence-corrected chi connectivity index (χ0v) is 14.0. The lowest BCUT2D eigenvalue weighted by molar-refractivity contribution is -0.149. The predicted molar refractivity (Wildman–Crippen MR) is 89.8 cm³/mol. The van der Waals surface area contributed by atoms with Crippen LogP contribution in [0.25, 0.3) is 5.76 Å². The number of rotatable bonds is 1.